The van der Waals surface area contributed by atoms with Crippen LogP contribution in [0, 0.1) is 24.3 Å². The van der Waals surface area contributed by atoms with E-state index >= 15 is 0 Å². The molecule has 0 saturated carbocycles. The number of hydrogen-bond donors (Lipinski definition) is 1. The van der Waals surface area contributed by atoms with Gasteiger partial charge >= 0.3 is 0 Å². The van der Waals surface area contributed by atoms with Crippen LogP contribution in [-0.4, -0.2) is 12.2 Å². The van der Waals surface area contributed by atoms with Crippen molar-refractivity contribution in [1.29, 1.82) is 0 Å². The van der Waals surface area contributed by atoms with Crippen molar-refractivity contribution in [2.45, 2.75) is 26.9 Å². The predicted molar refractivity (Wildman–Crippen MR) is 98.1 cm³/mol. The van der Waals surface area contributed by atoms with Gasteiger partial charge in [0.2, 0.25) is 0 Å². The van der Waals surface area contributed by atoms with Crippen molar-refractivity contribution in [3.8, 4) is 5.75 Å². The van der Waals surface area contributed by atoms with Crippen LogP contribution in [0.25, 0.3) is 0 Å². The van der Waals surface area contributed by atoms with E-state index in [1.165, 1.54) is 0 Å². The zero-order valence-electron chi connectivity index (χ0n) is 12.5. The fraction of sp³-hybridized carbons (Fsp3) is 0.294. The molecule has 0 spiro atoms. The standard InChI is InChI=1S/C17H18BrIO2/c1-9-6-5-7-12(15(9)19)16(20)14-11(3)13(18)8-10(2)17(14)21-4/h5-8,16,20H,1-4H3. The summed E-state index contributed by atoms with van der Waals surface area (Å²) in [6.45, 7) is 6.03. The highest BCUT2D eigenvalue weighted by molar-refractivity contribution is 14.1. The summed E-state index contributed by atoms with van der Waals surface area (Å²) in [6.07, 6.45) is -0.706. The molecule has 0 saturated heterocycles. The lowest BCUT2D eigenvalue weighted by Crippen LogP contribution is -2.08. The normalized spacial score (nSPS) is 12.3. The smallest absolute Gasteiger partial charge is 0.128 e. The number of aryl methyl sites for hydroxylation is 2. The maximum Gasteiger partial charge on any atom is 0.128 e. The number of aliphatic hydroxyl groups is 1. The Morgan fingerprint density at radius 1 is 1.19 bits per heavy atom. The first-order valence-corrected chi connectivity index (χ1v) is 8.52. The molecular formula is C17H18BrIO2. The summed E-state index contributed by atoms with van der Waals surface area (Å²) < 4.78 is 7.61. The maximum absolute atomic E-state index is 10.9. The Labute approximate surface area is 147 Å². The van der Waals surface area contributed by atoms with Crippen LogP contribution >= 0.6 is 38.5 Å². The zero-order valence-corrected chi connectivity index (χ0v) is 16.2. The summed E-state index contributed by atoms with van der Waals surface area (Å²) in [5.74, 6) is 0.750. The lowest BCUT2D eigenvalue weighted by Gasteiger charge is -2.22. The minimum atomic E-state index is -0.706. The molecule has 0 aromatic heterocycles. The van der Waals surface area contributed by atoms with Crippen molar-refractivity contribution in [2.75, 3.05) is 7.11 Å². The molecule has 0 bridgehead atoms. The third kappa shape index (κ3) is 3.12. The Bertz CT molecular complexity index is 683. The number of halogens is 2. The summed E-state index contributed by atoms with van der Waals surface area (Å²) in [7, 11) is 1.65. The number of methoxy groups -OCH3 is 1. The van der Waals surface area contributed by atoms with Crippen LogP contribution < -0.4 is 4.74 Å². The number of ether oxygens (including phenoxy) is 1. The quantitative estimate of drug-likeness (QED) is 0.648. The van der Waals surface area contributed by atoms with Crippen molar-refractivity contribution in [3.63, 3.8) is 0 Å². The summed E-state index contributed by atoms with van der Waals surface area (Å²) >= 11 is 5.85. The third-order valence-corrected chi connectivity index (χ3v) is 6.00. The first-order chi connectivity index (χ1) is 9.88. The van der Waals surface area contributed by atoms with Gasteiger partial charge in [0.05, 0.1) is 7.11 Å². The zero-order chi connectivity index (χ0) is 15.7. The van der Waals surface area contributed by atoms with E-state index in [0.717, 1.165) is 41.6 Å². The second kappa shape index (κ2) is 6.67. The number of benzene rings is 2. The third-order valence-electron chi connectivity index (χ3n) is 3.70. The van der Waals surface area contributed by atoms with Crippen LogP contribution in [-0.2, 0) is 0 Å². The van der Waals surface area contributed by atoms with E-state index in [9.17, 15) is 5.11 Å². The summed E-state index contributed by atoms with van der Waals surface area (Å²) in [4.78, 5) is 0. The highest BCUT2D eigenvalue weighted by Crippen LogP contribution is 2.40. The molecule has 1 unspecified atom stereocenters. The molecule has 0 aliphatic carbocycles. The lowest BCUT2D eigenvalue weighted by molar-refractivity contribution is 0.212. The second-order valence-electron chi connectivity index (χ2n) is 5.13. The fourth-order valence-electron chi connectivity index (χ4n) is 2.51. The Morgan fingerprint density at radius 3 is 2.48 bits per heavy atom. The van der Waals surface area contributed by atoms with Gasteiger partial charge in [-0.05, 0) is 71.7 Å². The van der Waals surface area contributed by atoms with E-state index in [1.807, 2.05) is 45.0 Å². The molecule has 2 aromatic carbocycles. The van der Waals surface area contributed by atoms with E-state index in [2.05, 4.69) is 38.5 Å². The van der Waals surface area contributed by atoms with Gasteiger partial charge in [0, 0.05) is 13.6 Å². The minimum absolute atomic E-state index is 0.706. The maximum atomic E-state index is 10.9. The van der Waals surface area contributed by atoms with Gasteiger partial charge in [-0.2, -0.15) is 0 Å². The number of hydrogen-bond acceptors (Lipinski definition) is 2. The van der Waals surface area contributed by atoms with Crippen LogP contribution in [0.3, 0.4) is 0 Å². The van der Waals surface area contributed by atoms with Crippen molar-refractivity contribution < 1.29 is 9.84 Å². The molecule has 0 fully saturated rings. The van der Waals surface area contributed by atoms with Gasteiger partial charge in [-0.15, -0.1) is 0 Å². The van der Waals surface area contributed by atoms with E-state index in [1.54, 1.807) is 7.11 Å². The minimum Gasteiger partial charge on any atom is -0.496 e. The average Bonchev–Trinajstić information content (AvgIpc) is 2.44. The number of rotatable bonds is 3. The lowest BCUT2D eigenvalue weighted by atomic mass is 9.93. The van der Waals surface area contributed by atoms with Gasteiger partial charge < -0.3 is 9.84 Å². The van der Waals surface area contributed by atoms with Gasteiger partial charge in [-0.3, -0.25) is 0 Å². The second-order valence-corrected chi connectivity index (χ2v) is 7.06. The van der Waals surface area contributed by atoms with Crippen molar-refractivity contribution in [3.05, 3.63) is 60.1 Å². The van der Waals surface area contributed by atoms with Crippen LogP contribution in [0.15, 0.2) is 28.7 Å². The van der Waals surface area contributed by atoms with Gasteiger partial charge in [0.25, 0.3) is 0 Å². The Balaban J connectivity index is 2.68. The van der Waals surface area contributed by atoms with E-state index in [-0.39, 0.29) is 0 Å². The molecule has 0 aliphatic rings. The topological polar surface area (TPSA) is 29.5 Å². The Morgan fingerprint density at radius 2 is 1.86 bits per heavy atom. The van der Waals surface area contributed by atoms with Crippen molar-refractivity contribution >= 4 is 38.5 Å². The van der Waals surface area contributed by atoms with Gasteiger partial charge in [-0.1, -0.05) is 34.1 Å². The van der Waals surface area contributed by atoms with Crippen molar-refractivity contribution in [1.82, 2.24) is 0 Å². The highest BCUT2D eigenvalue weighted by Gasteiger charge is 2.23. The van der Waals surface area contributed by atoms with E-state index < -0.39 is 6.10 Å². The Hall–Kier alpha value is -0.590. The highest BCUT2D eigenvalue weighted by atomic mass is 127. The molecule has 0 amide bonds. The first kappa shape index (κ1) is 16.8. The molecule has 1 atom stereocenters. The van der Waals surface area contributed by atoms with Gasteiger partial charge in [0.1, 0.15) is 11.9 Å². The van der Waals surface area contributed by atoms with Gasteiger partial charge in [-0.25, -0.2) is 0 Å². The Kier molecular flexibility index (Phi) is 5.33. The summed E-state index contributed by atoms with van der Waals surface area (Å²) in [6, 6.07) is 8.01. The van der Waals surface area contributed by atoms with E-state index in [4.69, 9.17) is 4.74 Å². The summed E-state index contributed by atoms with van der Waals surface area (Å²) in [5.41, 5.74) is 4.91. The van der Waals surface area contributed by atoms with Crippen LogP contribution in [0.2, 0.25) is 0 Å². The molecule has 2 aromatic rings. The molecule has 112 valence electrons. The number of aliphatic hydroxyl groups excluding tert-OH is 1. The van der Waals surface area contributed by atoms with E-state index in [0.29, 0.717) is 0 Å². The molecule has 2 nitrogen and oxygen atoms in total. The largest absolute Gasteiger partial charge is 0.496 e. The van der Waals surface area contributed by atoms with Crippen molar-refractivity contribution in [2.24, 2.45) is 0 Å². The molecular weight excluding hydrogens is 443 g/mol. The first-order valence-electron chi connectivity index (χ1n) is 6.65. The van der Waals surface area contributed by atoms with Crippen LogP contribution in [0.5, 0.6) is 5.75 Å². The molecule has 0 aliphatic heterocycles. The molecule has 1 N–H and O–H groups in total. The monoisotopic (exact) mass is 460 g/mol. The fourth-order valence-corrected chi connectivity index (χ4v) is 3.72. The molecule has 21 heavy (non-hydrogen) atoms. The SMILES string of the molecule is COc1c(C)cc(Br)c(C)c1C(O)c1cccc(C)c1I. The van der Waals surface area contributed by atoms with Crippen LogP contribution in [0.1, 0.15) is 33.9 Å². The molecule has 0 heterocycles. The molecule has 2 rings (SSSR count). The average molecular weight is 461 g/mol. The van der Waals surface area contributed by atoms with Crippen LogP contribution in [0.4, 0.5) is 0 Å². The predicted octanol–water partition coefficient (Wildman–Crippen LogP) is 5.07. The van der Waals surface area contributed by atoms with Gasteiger partial charge in [0.15, 0.2) is 0 Å². The molecule has 0 radical (unpaired) electrons. The summed E-state index contributed by atoms with van der Waals surface area (Å²) in [5, 5.41) is 10.9. The molecule has 4 heteroatoms.